The Balaban J connectivity index is 2.57. The van der Waals surface area contributed by atoms with Crippen LogP contribution in [0.4, 0.5) is 0 Å². The van der Waals surface area contributed by atoms with Gasteiger partial charge >= 0.3 is 0 Å². The van der Waals surface area contributed by atoms with Crippen molar-refractivity contribution < 1.29 is 4.79 Å². The van der Waals surface area contributed by atoms with E-state index in [-0.39, 0.29) is 5.91 Å². The van der Waals surface area contributed by atoms with E-state index in [0.29, 0.717) is 6.54 Å². The summed E-state index contributed by atoms with van der Waals surface area (Å²) in [6.07, 6.45) is 4.34. The second-order valence-electron chi connectivity index (χ2n) is 4.53. The molecule has 0 fully saturated rings. The van der Waals surface area contributed by atoms with Crippen LogP contribution in [0, 0.1) is 0 Å². The summed E-state index contributed by atoms with van der Waals surface area (Å²) in [6, 6.07) is 9.50. The number of benzene rings is 1. The Morgan fingerprint density at radius 3 is 2.52 bits per heavy atom. The zero-order chi connectivity index (χ0) is 15.7. The van der Waals surface area contributed by atoms with Crippen molar-refractivity contribution in [2.24, 2.45) is 0 Å². The lowest BCUT2D eigenvalue weighted by Gasteiger charge is -2.26. The first-order valence-corrected chi connectivity index (χ1v) is 7.90. The monoisotopic (exact) mass is 348 g/mol. The first-order chi connectivity index (χ1) is 9.93. The van der Waals surface area contributed by atoms with Crippen molar-refractivity contribution in [1.82, 2.24) is 10.6 Å². The van der Waals surface area contributed by atoms with Crippen molar-refractivity contribution in [3.8, 4) is 0 Å². The van der Waals surface area contributed by atoms with Gasteiger partial charge in [0.25, 0.3) is 0 Å². The lowest BCUT2D eigenvalue weighted by Crippen LogP contribution is -2.53. The summed E-state index contributed by atoms with van der Waals surface area (Å²) in [4.78, 5) is 11.9. The van der Waals surface area contributed by atoms with Gasteiger partial charge in [-0.3, -0.25) is 10.1 Å². The van der Waals surface area contributed by atoms with Gasteiger partial charge < -0.3 is 5.32 Å². The summed E-state index contributed by atoms with van der Waals surface area (Å²) < 4.78 is -1.61. The summed E-state index contributed by atoms with van der Waals surface area (Å²) in [5.74, 6) is -0.320. The summed E-state index contributed by atoms with van der Waals surface area (Å²) in [6.45, 7) is 2.73. The van der Waals surface area contributed by atoms with Gasteiger partial charge in [-0.25, -0.2) is 0 Å². The highest BCUT2D eigenvalue weighted by Gasteiger charge is 2.32. The minimum atomic E-state index is -1.61. The fraction of sp³-hybridized carbons (Fsp3) is 0.400. The molecule has 0 saturated heterocycles. The normalized spacial score (nSPS) is 13.3. The number of halogens is 3. The summed E-state index contributed by atoms with van der Waals surface area (Å²) in [5.41, 5.74) is 0.928. The molecule has 0 spiro atoms. The predicted octanol–water partition coefficient (Wildman–Crippen LogP) is 3.90. The molecule has 1 rings (SSSR count). The Labute approximate surface area is 140 Å². The zero-order valence-electron chi connectivity index (χ0n) is 11.8. The van der Waals surface area contributed by atoms with Gasteiger partial charge in [0.1, 0.15) is 6.17 Å². The first-order valence-electron chi connectivity index (χ1n) is 6.77. The van der Waals surface area contributed by atoms with Crippen LogP contribution >= 0.6 is 34.8 Å². The topological polar surface area (TPSA) is 41.1 Å². The van der Waals surface area contributed by atoms with Crippen LogP contribution in [0.1, 0.15) is 25.3 Å². The molecule has 0 bridgehead atoms. The first kappa shape index (κ1) is 18.3. The summed E-state index contributed by atoms with van der Waals surface area (Å²) >= 11 is 17.6. The van der Waals surface area contributed by atoms with Crippen molar-refractivity contribution in [1.29, 1.82) is 0 Å². The van der Waals surface area contributed by atoms with Crippen LogP contribution in [0.5, 0.6) is 0 Å². The van der Waals surface area contributed by atoms with Gasteiger partial charge in [0.05, 0.1) is 0 Å². The van der Waals surface area contributed by atoms with E-state index in [1.165, 1.54) is 6.08 Å². The maximum absolute atomic E-state index is 11.9. The van der Waals surface area contributed by atoms with E-state index in [4.69, 9.17) is 34.8 Å². The second kappa shape index (κ2) is 9.31. The average Bonchev–Trinajstić information content (AvgIpc) is 2.44. The van der Waals surface area contributed by atoms with Crippen molar-refractivity contribution in [3.05, 3.63) is 42.0 Å². The van der Waals surface area contributed by atoms with E-state index >= 15 is 0 Å². The van der Waals surface area contributed by atoms with Crippen LogP contribution < -0.4 is 10.6 Å². The number of rotatable bonds is 7. The Bertz CT molecular complexity index is 458. The zero-order valence-corrected chi connectivity index (χ0v) is 14.1. The highest BCUT2D eigenvalue weighted by molar-refractivity contribution is 6.68. The van der Waals surface area contributed by atoms with Gasteiger partial charge in [-0.15, -0.1) is 0 Å². The van der Waals surface area contributed by atoms with Crippen LogP contribution in [-0.4, -0.2) is 22.4 Å². The Kier molecular flexibility index (Phi) is 8.12. The largest absolute Gasteiger partial charge is 0.333 e. The molecule has 0 aliphatic carbocycles. The molecule has 3 nitrogen and oxygen atoms in total. The maximum Gasteiger partial charge on any atom is 0.245 e. The molecule has 21 heavy (non-hydrogen) atoms. The third kappa shape index (κ3) is 7.72. The summed E-state index contributed by atoms with van der Waals surface area (Å²) in [7, 11) is 0. The Morgan fingerprint density at radius 1 is 1.29 bits per heavy atom. The van der Waals surface area contributed by atoms with Crippen LogP contribution in [0.25, 0.3) is 6.08 Å². The molecule has 2 N–H and O–H groups in total. The number of amides is 1. The molecule has 6 heteroatoms. The van der Waals surface area contributed by atoms with E-state index < -0.39 is 9.96 Å². The molecular formula is C15H19Cl3N2O. The minimum absolute atomic E-state index is 0.320. The van der Waals surface area contributed by atoms with Gasteiger partial charge in [-0.2, -0.15) is 0 Å². The fourth-order valence-corrected chi connectivity index (χ4v) is 1.99. The molecule has 1 aromatic carbocycles. The Hall–Kier alpha value is -0.740. The molecule has 0 aromatic heterocycles. The number of nitrogens with one attached hydrogen (secondary N) is 2. The molecule has 0 saturated carbocycles. The van der Waals surface area contributed by atoms with E-state index in [9.17, 15) is 4.79 Å². The van der Waals surface area contributed by atoms with Gasteiger partial charge in [-0.05, 0) is 24.6 Å². The van der Waals surface area contributed by atoms with E-state index in [1.807, 2.05) is 30.3 Å². The predicted molar refractivity (Wildman–Crippen MR) is 90.6 cm³/mol. The van der Waals surface area contributed by atoms with Crippen LogP contribution in [0.15, 0.2) is 36.4 Å². The molecular weight excluding hydrogens is 331 g/mol. The Morgan fingerprint density at radius 2 is 1.95 bits per heavy atom. The van der Waals surface area contributed by atoms with Crippen molar-refractivity contribution in [3.63, 3.8) is 0 Å². The van der Waals surface area contributed by atoms with Crippen molar-refractivity contribution in [2.75, 3.05) is 6.54 Å². The number of unbranched alkanes of at least 4 members (excludes halogenated alkanes) is 1. The second-order valence-corrected chi connectivity index (χ2v) is 6.90. The van der Waals surface area contributed by atoms with Crippen LogP contribution in [0.2, 0.25) is 0 Å². The lowest BCUT2D eigenvalue weighted by molar-refractivity contribution is -0.117. The van der Waals surface area contributed by atoms with E-state index in [1.54, 1.807) is 6.08 Å². The lowest BCUT2D eigenvalue weighted by atomic mass is 10.2. The highest BCUT2D eigenvalue weighted by atomic mass is 35.6. The average molecular weight is 350 g/mol. The molecule has 1 unspecified atom stereocenters. The van der Waals surface area contributed by atoms with Gasteiger partial charge in [0.15, 0.2) is 0 Å². The highest BCUT2D eigenvalue weighted by Crippen LogP contribution is 2.29. The van der Waals surface area contributed by atoms with Gasteiger partial charge in [0, 0.05) is 6.08 Å². The number of hydrogen-bond acceptors (Lipinski definition) is 2. The standard InChI is InChI=1S/C15H19Cl3N2O/c1-2-3-11-19-14(15(16,17)18)20-13(21)10-9-12-7-5-4-6-8-12/h4-10,14,19H,2-3,11H2,1H3,(H,20,21). The molecule has 1 amide bonds. The molecule has 0 heterocycles. The molecule has 1 atom stereocenters. The van der Waals surface area contributed by atoms with Crippen LogP contribution in [0.3, 0.4) is 0 Å². The van der Waals surface area contributed by atoms with E-state index in [0.717, 1.165) is 18.4 Å². The van der Waals surface area contributed by atoms with Gasteiger partial charge in [0.2, 0.25) is 9.70 Å². The fourth-order valence-electron chi connectivity index (χ4n) is 1.60. The smallest absolute Gasteiger partial charge is 0.245 e. The molecule has 0 aliphatic heterocycles. The quantitative estimate of drug-likeness (QED) is 0.339. The van der Waals surface area contributed by atoms with Crippen molar-refractivity contribution >= 4 is 46.8 Å². The number of alkyl halides is 3. The molecule has 1 aromatic rings. The summed E-state index contributed by atoms with van der Waals surface area (Å²) in [5, 5.41) is 5.68. The SMILES string of the molecule is CCCCNC(NC(=O)C=Cc1ccccc1)C(Cl)(Cl)Cl. The number of hydrogen-bond donors (Lipinski definition) is 2. The maximum atomic E-state index is 11.9. The third-order valence-corrected chi connectivity index (χ3v) is 3.37. The number of carbonyl (C=O) groups is 1. The molecule has 0 radical (unpaired) electrons. The van der Waals surface area contributed by atoms with Crippen molar-refractivity contribution in [2.45, 2.75) is 29.7 Å². The van der Waals surface area contributed by atoms with E-state index in [2.05, 4.69) is 17.6 Å². The molecule has 0 aliphatic rings. The van der Waals surface area contributed by atoms with Gasteiger partial charge in [-0.1, -0.05) is 78.5 Å². The number of carbonyl (C=O) groups excluding carboxylic acids is 1. The third-order valence-electron chi connectivity index (χ3n) is 2.72. The molecule has 116 valence electrons. The van der Waals surface area contributed by atoms with Crippen LogP contribution in [-0.2, 0) is 4.79 Å². The minimum Gasteiger partial charge on any atom is -0.333 e.